The minimum absolute atomic E-state index is 0.0419. The zero-order valence-electron chi connectivity index (χ0n) is 17.0. The number of Topliss-reactive ketones (excluding diaryl/α,β-unsaturated/α-hetero) is 1. The van der Waals surface area contributed by atoms with Crippen LogP contribution in [-0.4, -0.2) is 40.8 Å². The summed E-state index contributed by atoms with van der Waals surface area (Å²) in [6.45, 7) is 0. The molecule has 3 atom stereocenters. The predicted molar refractivity (Wildman–Crippen MR) is 109 cm³/mol. The van der Waals surface area contributed by atoms with Gasteiger partial charge in [0, 0.05) is 12.4 Å². The van der Waals surface area contributed by atoms with Crippen LogP contribution in [0.3, 0.4) is 0 Å². The van der Waals surface area contributed by atoms with Crippen LogP contribution in [0.1, 0.15) is 47.6 Å². The number of carbonyl (C=O) groups excluding carboxylic acids is 3. The summed E-state index contributed by atoms with van der Waals surface area (Å²) in [5.41, 5.74) is 1.40. The lowest BCUT2D eigenvalue weighted by atomic mass is 9.77. The van der Waals surface area contributed by atoms with E-state index in [1.165, 1.54) is 12.0 Å². The van der Waals surface area contributed by atoms with Crippen molar-refractivity contribution >= 4 is 23.6 Å². The van der Waals surface area contributed by atoms with Gasteiger partial charge in [-0.05, 0) is 43.0 Å². The molecule has 5 rings (SSSR count). The zero-order chi connectivity index (χ0) is 21.5. The number of fused-ring (bicyclic) bond motifs is 1. The van der Waals surface area contributed by atoms with Gasteiger partial charge in [-0.1, -0.05) is 18.6 Å². The van der Waals surface area contributed by atoms with Gasteiger partial charge in [0.05, 0.1) is 30.2 Å². The van der Waals surface area contributed by atoms with E-state index in [9.17, 15) is 14.4 Å². The first kappa shape index (κ1) is 19.4. The third-order valence-corrected chi connectivity index (χ3v) is 6.18. The van der Waals surface area contributed by atoms with Crippen LogP contribution in [0, 0.1) is 5.92 Å². The molecule has 158 valence electrons. The van der Waals surface area contributed by atoms with Crippen LogP contribution in [0.25, 0.3) is 0 Å². The summed E-state index contributed by atoms with van der Waals surface area (Å²) in [5, 5.41) is 0. The van der Waals surface area contributed by atoms with E-state index in [2.05, 4.69) is 9.97 Å². The predicted octanol–water partition coefficient (Wildman–Crippen LogP) is 2.76. The number of esters is 1. The number of hydrogen-bond acceptors (Lipinski definition) is 7. The van der Waals surface area contributed by atoms with Crippen molar-refractivity contribution in [2.75, 3.05) is 12.0 Å². The summed E-state index contributed by atoms with van der Waals surface area (Å²) >= 11 is 0. The first-order valence-electron chi connectivity index (χ1n) is 10.3. The molecule has 0 bridgehead atoms. The van der Waals surface area contributed by atoms with Crippen LogP contribution in [-0.2, 0) is 19.1 Å². The fourth-order valence-corrected chi connectivity index (χ4v) is 4.70. The van der Waals surface area contributed by atoms with E-state index in [-0.39, 0.29) is 29.5 Å². The van der Waals surface area contributed by atoms with Crippen LogP contribution in [0.2, 0.25) is 0 Å². The molecule has 1 amide bonds. The number of rotatable bonds is 3. The summed E-state index contributed by atoms with van der Waals surface area (Å²) in [6, 6.07) is 7.62. The van der Waals surface area contributed by atoms with Crippen molar-refractivity contribution in [3.63, 3.8) is 0 Å². The maximum Gasteiger partial charge on any atom is 0.337 e. The fraction of sp³-hybridized carbons (Fsp3) is 0.348. The molecule has 0 radical (unpaired) electrons. The van der Waals surface area contributed by atoms with Gasteiger partial charge in [0.2, 0.25) is 5.95 Å². The van der Waals surface area contributed by atoms with Crippen LogP contribution < -0.4 is 4.90 Å². The van der Waals surface area contributed by atoms with E-state index in [4.69, 9.17) is 9.47 Å². The highest BCUT2D eigenvalue weighted by Crippen LogP contribution is 2.47. The van der Waals surface area contributed by atoms with E-state index < -0.39 is 17.9 Å². The lowest BCUT2D eigenvalue weighted by Gasteiger charge is -2.35. The Morgan fingerprint density at radius 1 is 1.10 bits per heavy atom. The number of aromatic nitrogens is 2. The number of nitrogens with zero attached hydrogens (tertiary/aromatic N) is 3. The zero-order valence-corrected chi connectivity index (χ0v) is 17.0. The van der Waals surface area contributed by atoms with Gasteiger partial charge >= 0.3 is 5.97 Å². The first-order valence-corrected chi connectivity index (χ1v) is 10.3. The minimum Gasteiger partial charge on any atom is -0.483 e. The average molecular weight is 419 g/mol. The number of benzene rings is 1. The Kier molecular flexibility index (Phi) is 4.77. The lowest BCUT2D eigenvalue weighted by Crippen LogP contribution is -2.39. The molecule has 1 fully saturated rings. The van der Waals surface area contributed by atoms with Crippen LogP contribution in [0.4, 0.5) is 5.95 Å². The molecule has 8 nitrogen and oxygen atoms in total. The second-order valence-electron chi connectivity index (χ2n) is 7.89. The lowest BCUT2D eigenvalue weighted by molar-refractivity contribution is -0.131. The van der Waals surface area contributed by atoms with E-state index in [0.717, 1.165) is 25.7 Å². The third kappa shape index (κ3) is 3.10. The van der Waals surface area contributed by atoms with Gasteiger partial charge in [-0.3, -0.25) is 14.5 Å². The van der Waals surface area contributed by atoms with E-state index in [1.807, 2.05) is 0 Å². The number of amides is 1. The molecule has 0 N–H and O–H groups in total. The molecule has 2 aromatic rings. The normalized spacial score (nSPS) is 25.1. The molecule has 2 aliphatic heterocycles. The second-order valence-corrected chi connectivity index (χ2v) is 7.89. The van der Waals surface area contributed by atoms with Crippen molar-refractivity contribution in [2.24, 2.45) is 5.92 Å². The highest BCUT2D eigenvalue weighted by atomic mass is 16.5. The van der Waals surface area contributed by atoms with Gasteiger partial charge < -0.3 is 9.47 Å². The molecule has 3 heterocycles. The van der Waals surface area contributed by atoms with Gasteiger partial charge in [0.1, 0.15) is 6.10 Å². The molecule has 8 heteroatoms. The van der Waals surface area contributed by atoms with Crippen molar-refractivity contribution in [1.82, 2.24) is 9.97 Å². The summed E-state index contributed by atoms with van der Waals surface area (Å²) in [4.78, 5) is 48.7. The van der Waals surface area contributed by atoms with Crippen LogP contribution in [0.15, 0.2) is 54.1 Å². The van der Waals surface area contributed by atoms with E-state index in [0.29, 0.717) is 16.7 Å². The van der Waals surface area contributed by atoms with Crippen molar-refractivity contribution in [1.29, 1.82) is 0 Å². The SMILES string of the molecule is COC(=O)c1ccc(C2C3=C(OC4CCCCC4C3=O)C(=O)N2c2ncccn2)cc1. The Hall–Kier alpha value is -3.55. The topological polar surface area (TPSA) is 98.7 Å². The second kappa shape index (κ2) is 7.61. The average Bonchev–Trinajstić information content (AvgIpc) is 3.12. The largest absolute Gasteiger partial charge is 0.483 e. The highest BCUT2D eigenvalue weighted by molar-refractivity contribution is 6.17. The van der Waals surface area contributed by atoms with Crippen LogP contribution in [0.5, 0.6) is 0 Å². The van der Waals surface area contributed by atoms with Crippen molar-refractivity contribution in [3.8, 4) is 0 Å². The standard InChI is InChI=1S/C23H21N3O5/c1-30-22(29)14-9-7-13(8-10-14)18-17-19(27)15-5-2-3-6-16(15)31-20(17)21(28)26(18)23-24-11-4-12-25-23/h4,7-12,15-16,18H,2-3,5-6H2,1H3. The summed E-state index contributed by atoms with van der Waals surface area (Å²) in [5.74, 6) is -0.862. The molecular formula is C23H21N3O5. The molecule has 0 spiro atoms. The Morgan fingerprint density at radius 2 is 1.81 bits per heavy atom. The molecule has 1 aliphatic carbocycles. The number of hydrogen-bond donors (Lipinski definition) is 0. The highest BCUT2D eigenvalue weighted by Gasteiger charge is 2.53. The van der Waals surface area contributed by atoms with Crippen molar-refractivity contribution < 1.29 is 23.9 Å². The smallest absolute Gasteiger partial charge is 0.337 e. The van der Waals surface area contributed by atoms with E-state index >= 15 is 0 Å². The number of ketones is 1. The fourth-order valence-electron chi connectivity index (χ4n) is 4.70. The molecule has 1 aromatic heterocycles. The van der Waals surface area contributed by atoms with Gasteiger partial charge in [0.25, 0.3) is 5.91 Å². The first-order chi connectivity index (χ1) is 15.1. The number of carbonyl (C=O) groups is 3. The van der Waals surface area contributed by atoms with Gasteiger partial charge in [-0.25, -0.2) is 14.8 Å². The number of anilines is 1. The van der Waals surface area contributed by atoms with Gasteiger partial charge in [-0.15, -0.1) is 0 Å². The van der Waals surface area contributed by atoms with Crippen molar-refractivity contribution in [3.05, 3.63) is 65.2 Å². The Bertz CT molecular complexity index is 1080. The Labute approximate surface area is 178 Å². The van der Waals surface area contributed by atoms with Gasteiger partial charge in [0.15, 0.2) is 11.5 Å². The number of ether oxygens (including phenoxy) is 2. The maximum absolute atomic E-state index is 13.5. The van der Waals surface area contributed by atoms with E-state index in [1.54, 1.807) is 42.7 Å². The molecule has 3 unspecified atom stereocenters. The molecule has 1 saturated carbocycles. The van der Waals surface area contributed by atoms with Gasteiger partial charge in [-0.2, -0.15) is 0 Å². The monoisotopic (exact) mass is 419 g/mol. The Balaban J connectivity index is 1.62. The summed E-state index contributed by atoms with van der Waals surface area (Å²) < 4.78 is 10.9. The number of methoxy groups -OCH3 is 1. The molecule has 1 aromatic carbocycles. The Morgan fingerprint density at radius 3 is 2.52 bits per heavy atom. The summed E-state index contributed by atoms with van der Waals surface area (Å²) in [7, 11) is 1.32. The quantitative estimate of drug-likeness (QED) is 0.706. The molecule has 3 aliphatic rings. The summed E-state index contributed by atoms with van der Waals surface area (Å²) in [6.07, 6.45) is 6.30. The maximum atomic E-state index is 13.5. The molecule has 0 saturated heterocycles. The van der Waals surface area contributed by atoms with Crippen LogP contribution >= 0.6 is 0 Å². The third-order valence-electron chi connectivity index (χ3n) is 6.18. The minimum atomic E-state index is -0.716. The van der Waals surface area contributed by atoms with Crippen molar-refractivity contribution in [2.45, 2.75) is 37.8 Å². The molecule has 31 heavy (non-hydrogen) atoms. The molecular weight excluding hydrogens is 398 g/mol.